The highest BCUT2D eigenvalue weighted by Gasteiger charge is 2.65. The molecule has 0 aromatic carbocycles. The Kier molecular flexibility index (Phi) is 3.41. The first-order chi connectivity index (χ1) is 12.5. The monoisotopic (exact) mass is 356 g/mol. The van der Waals surface area contributed by atoms with Crippen LogP contribution in [0.1, 0.15) is 61.6 Å². The van der Waals surface area contributed by atoms with Gasteiger partial charge in [0.15, 0.2) is 5.72 Å². The van der Waals surface area contributed by atoms with Gasteiger partial charge in [-0.1, -0.05) is 13.8 Å². The molecule has 1 spiro atoms. The quantitative estimate of drug-likeness (QED) is 0.821. The van der Waals surface area contributed by atoms with Gasteiger partial charge in [0.25, 0.3) is 5.91 Å². The topological polar surface area (TPSA) is 75.6 Å². The van der Waals surface area contributed by atoms with Gasteiger partial charge in [-0.15, -0.1) is 0 Å². The number of hydrogen-bond acceptors (Lipinski definition) is 5. The summed E-state index contributed by atoms with van der Waals surface area (Å²) in [5.41, 5.74) is -0.132. The van der Waals surface area contributed by atoms with Crippen LogP contribution in [-0.2, 0) is 9.53 Å². The van der Waals surface area contributed by atoms with Crippen LogP contribution in [0.4, 0.5) is 0 Å². The van der Waals surface area contributed by atoms with Crippen LogP contribution < -0.4 is 0 Å². The average molecular weight is 356 g/mol. The van der Waals surface area contributed by atoms with E-state index in [9.17, 15) is 9.59 Å². The first-order valence-corrected chi connectivity index (χ1v) is 9.60. The van der Waals surface area contributed by atoms with Crippen molar-refractivity contribution in [2.75, 3.05) is 13.2 Å². The van der Waals surface area contributed by atoms with Crippen molar-refractivity contribution in [3.8, 4) is 0 Å². The molecule has 2 amide bonds. The summed E-state index contributed by atoms with van der Waals surface area (Å²) in [6.07, 6.45) is 6.56. The van der Waals surface area contributed by atoms with Crippen LogP contribution in [0, 0.1) is 5.92 Å². The lowest BCUT2D eigenvalue weighted by Gasteiger charge is -2.34. The highest BCUT2D eigenvalue weighted by atomic mass is 16.5. The van der Waals surface area contributed by atoms with Crippen LogP contribution in [0.25, 0.3) is 0 Å². The molecule has 7 heteroatoms. The molecule has 138 valence electrons. The van der Waals surface area contributed by atoms with Crippen LogP contribution in [0.5, 0.6) is 0 Å². The molecule has 5 rings (SSSR count). The minimum atomic E-state index is -0.628. The van der Waals surface area contributed by atoms with Crippen LogP contribution in [0.2, 0.25) is 0 Å². The van der Waals surface area contributed by atoms with E-state index in [4.69, 9.17) is 4.74 Å². The van der Waals surface area contributed by atoms with Crippen molar-refractivity contribution in [3.05, 3.63) is 23.8 Å². The van der Waals surface area contributed by atoms with Crippen molar-refractivity contribution in [1.82, 2.24) is 19.8 Å². The summed E-state index contributed by atoms with van der Waals surface area (Å²) in [4.78, 5) is 38.2. The van der Waals surface area contributed by atoms with E-state index in [2.05, 4.69) is 23.8 Å². The Morgan fingerprint density at radius 3 is 2.69 bits per heavy atom. The largest absolute Gasteiger partial charge is 0.351 e. The average Bonchev–Trinajstić information content (AvgIpc) is 3.24. The zero-order valence-corrected chi connectivity index (χ0v) is 15.2. The van der Waals surface area contributed by atoms with E-state index in [0.717, 1.165) is 18.7 Å². The van der Waals surface area contributed by atoms with Gasteiger partial charge in [-0.3, -0.25) is 9.59 Å². The standard InChI is InChI=1S/C19H24N4O3/c1-11(2)14-10-26-19-5-6-22(15(19)7-16(24)23(14)19)18(25)13-8-20-17(21-9-13)12-3-4-12/h8-9,11-12,14-15H,3-7,10H2,1-2H3/t14-,15+,19-/m0/s1. The van der Waals surface area contributed by atoms with Crippen LogP contribution in [-0.4, -0.2) is 62.5 Å². The van der Waals surface area contributed by atoms with E-state index in [1.165, 1.54) is 0 Å². The van der Waals surface area contributed by atoms with E-state index in [1.807, 2.05) is 4.90 Å². The fourth-order valence-electron chi connectivity index (χ4n) is 4.78. The minimum Gasteiger partial charge on any atom is -0.351 e. The number of likely N-dealkylation sites (tertiary alicyclic amines) is 1. The zero-order valence-electron chi connectivity index (χ0n) is 15.2. The number of ether oxygens (including phenoxy) is 1. The molecule has 0 bridgehead atoms. The first-order valence-electron chi connectivity index (χ1n) is 9.60. The van der Waals surface area contributed by atoms with Crippen molar-refractivity contribution in [2.24, 2.45) is 5.92 Å². The Hall–Kier alpha value is -2.02. The predicted octanol–water partition coefficient (Wildman–Crippen LogP) is 1.55. The SMILES string of the molecule is CC(C)[C@@H]1CO[C@@]23CCN(C(=O)c4cnc(C5CC5)nc4)[C@@H]2CC(=O)N13. The second-order valence-electron chi connectivity index (χ2n) is 8.30. The summed E-state index contributed by atoms with van der Waals surface area (Å²) in [7, 11) is 0. The molecule has 1 aromatic heterocycles. The Balaban J connectivity index is 1.40. The molecule has 26 heavy (non-hydrogen) atoms. The normalized spacial score (nSPS) is 33.1. The van der Waals surface area contributed by atoms with Crippen LogP contribution >= 0.6 is 0 Å². The Morgan fingerprint density at radius 2 is 2.04 bits per heavy atom. The summed E-state index contributed by atoms with van der Waals surface area (Å²) in [6, 6.07) is -0.113. The fraction of sp³-hybridized carbons (Fsp3) is 0.684. The molecule has 3 aliphatic heterocycles. The Labute approximate surface area is 152 Å². The van der Waals surface area contributed by atoms with Gasteiger partial charge in [-0.25, -0.2) is 9.97 Å². The molecule has 1 aliphatic carbocycles. The minimum absolute atomic E-state index is 0.0968. The van der Waals surface area contributed by atoms with E-state index in [1.54, 1.807) is 17.3 Å². The highest BCUT2D eigenvalue weighted by molar-refractivity contribution is 5.95. The van der Waals surface area contributed by atoms with Crippen molar-refractivity contribution in [2.45, 2.75) is 63.3 Å². The van der Waals surface area contributed by atoms with E-state index in [0.29, 0.717) is 43.4 Å². The molecule has 4 heterocycles. The molecule has 0 unspecified atom stereocenters. The van der Waals surface area contributed by atoms with E-state index in [-0.39, 0.29) is 23.9 Å². The second-order valence-corrected chi connectivity index (χ2v) is 8.30. The molecule has 0 N–H and O–H groups in total. The number of amides is 2. The summed E-state index contributed by atoms with van der Waals surface area (Å²) in [6.45, 7) is 5.39. The van der Waals surface area contributed by atoms with Gasteiger partial charge in [0.05, 0.1) is 30.7 Å². The molecule has 1 aromatic rings. The third-order valence-corrected chi connectivity index (χ3v) is 6.38. The molecule has 3 atom stereocenters. The number of rotatable bonds is 3. The van der Waals surface area contributed by atoms with Gasteiger partial charge in [0.2, 0.25) is 5.91 Å². The molecule has 3 saturated heterocycles. The van der Waals surface area contributed by atoms with Gasteiger partial charge < -0.3 is 14.5 Å². The molecule has 1 saturated carbocycles. The maximum Gasteiger partial charge on any atom is 0.257 e. The number of carbonyl (C=O) groups excluding carboxylic acids is 2. The van der Waals surface area contributed by atoms with Gasteiger partial charge in [0.1, 0.15) is 5.82 Å². The molecular formula is C19H24N4O3. The molecule has 7 nitrogen and oxygen atoms in total. The lowest BCUT2D eigenvalue weighted by Crippen LogP contribution is -2.51. The second kappa shape index (κ2) is 5.49. The molecular weight excluding hydrogens is 332 g/mol. The lowest BCUT2D eigenvalue weighted by atomic mass is 10.0. The number of nitrogens with zero attached hydrogens (tertiary/aromatic N) is 4. The van der Waals surface area contributed by atoms with Crippen LogP contribution in [0.3, 0.4) is 0 Å². The third kappa shape index (κ3) is 2.16. The number of carbonyl (C=O) groups is 2. The summed E-state index contributed by atoms with van der Waals surface area (Å²) < 4.78 is 6.19. The van der Waals surface area contributed by atoms with Crippen molar-refractivity contribution < 1.29 is 14.3 Å². The number of hydrogen-bond donors (Lipinski definition) is 0. The smallest absolute Gasteiger partial charge is 0.257 e. The van der Waals surface area contributed by atoms with Gasteiger partial charge in [-0.2, -0.15) is 0 Å². The summed E-state index contributed by atoms with van der Waals surface area (Å²) in [5.74, 6) is 1.64. The van der Waals surface area contributed by atoms with E-state index < -0.39 is 5.72 Å². The van der Waals surface area contributed by atoms with Gasteiger partial charge in [-0.05, 0) is 18.8 Å². The maximum atomic E-state index is 13.1. The molecule has 4 aliphatic rings. The van der Waals surface area contributed by atoms with E-state index >= 15 is 0 Å². The maximum absolute atomic E-state index is 13.1. The first kappa shape index (κ1) is 16.2. The van der Waals surface area contributed by atoms with Crippen molar-refractivity contribution >= 4 is 11.8 Å². The van der Waals surface area contributed by atoms with Crippen molar-refractivity contribution in [3.63, 3.8) is 0 Å². The third-order valence-electron chi connectivity index (χ3n) is 6.38. The van der Waals surface area contributed by atoms with Gasteiger partial charge >= 0.3 is 0 Å². The lowest BCUT2D eigenvalue weighted by molar-refractivity contribution is -0.139. The Bertz CT molecular complexity index is 761. The summed E-state index contributed by atoms with van der Waals surface area (Å²) in [5, 5.41) is 0. The number of aromatic nitrogens is 2. The Morgan fingerprint density at radius 1 is 1.31 bits per heavy atom. The molecule has 4 fully saturated rings. The zero-order chi connectivity index (χ0) is 18.1. The van der Waals surface area contributed by atoms with Crippen molar-refractivity contribution in [1.29, 1.82) is 0 Å². The summed E-state index contributed by atoms with van der Waals surface area (Å²) >= 11 is 0. The fourth-order valence-corrected chi connectivity index (χ4v) is 4.78. The van der Waals surface area contributed by atoms with Gasteiger partial charge in [0, 0.05) is 31.3 Å². The predicted molar refractivity (Wildman–Crippen MR) is 92.2 cm³/mol. The molecule has 0 radical (unpaired) electrons. The highest BCUT2D eigenvalue weighted by Crippen LogP contribution is 2.49. The van der Waals surface area contributed by atoms with Crippen LogP contribution in [0.15, 0.2) is 12.4 Å².